The second-order valence-electron chi connectivity index (χ2n) is 15.9. The van der Waals surface area contributed by atoms with Crippen molar-refractivity contribution >= 4 is 54.6 Å². The summed E-state index contributed by atoms with van der Waals surface area (Å²) in [6.07, 6.45) is 0. The van der Waals surface area contributed by atoms with Crippen LogP contribution in [0.4, 0.5) is 0 Å². The molecule has 0 bridgehead atoms. The second-order valence-corrected chi connectivity index (χ2v) is 15.9. The van der Waals surface area contributed by atoms with E-state index in [9.17, 15) is 0 Å². The van der Waals surface area contributed by atoms with E-state index in [0.717, 1.165) is 66.1 Å². The number of fused-ring (bicyclic) bond motifs is 7. The fraction of sp³-hybridized carbons (Fsp3) is 0.0169. The molecule has 0 atom stereocenters. The Morgan fingerprint density at radius 1 is 0.246 bits per heavy atom. The minimum atomic E-state index is -0.0357. The highest BCUT2D eigenvalue weighted by Gasteiger charge is 2.22. The van der Waals surface area contributed by atoms with Gasteiger partial charge < -0.3 is 8.83 Å². The SMILES string of the molecule is c1ccc(-c2ccc(-c3ccc(C(c4ccc(-c5cccc6c5oc5ccccc56)cc4)c4ccc(-c5cccc6c5oc5ccccc56)cc4)c4ccccc34)cc2)cc1. The molecule has 2 heteroatoms. The Morgan fingerprint density at radius 2 is 0.656 bits per heavy atom. The first-order chi connectivity index (χ1) is 30.2. The molecule has 0 radical (unpaired) electrons. The number of hydrogen-bond acceptors (Lipinski definition) is 2. The molecule has 0 saturated carbocycles. The van der Waals surface area contributed by atoms with Gasteiger partial charge in [0.1, 0.15) is 22.3 Å². The van der Waals surface area contributed by atoms with Gasteiger partial charge in [0, 0.05) is 38.6 Å². The molecule has 0 aliphatic heterocycles. The van der Waals surface area contributed by atoms with E-state index in [1.807, 2.05) is 24.3 Å². The van der Waals surface area contributed by atoms with Crippen molar-refractivity contribution in [3.05, 3.63) is 241 Å². The maximum absolute atomic E-state index is 6.46. The van der Waals surface area contributed by atoms with Crippen LogP contribution < -0.4 is 0 Å². The van der Waals surface area contributed by atoms with Crippen LogP contribution in [0.2, 0.25) is 0 Å². The monoisotopic (exact) mass is 778 g/mol. The van der Waals surface area contributed by atoms with E-state index in [1.54, 1.807) is 0 Å². The Hall–Kier alpha value is -7.94. The highest BCUT2D eigenvalue weighted by Crippen LogP contribution is 2.43. The molecule has 12 aromatic rings. The molecular formula is C59H38O2. The molecule has 2 heterocycles. The third-order valence-electron chi connectivity index (χ3n) is 12.5. The molecule has 286 valence electrons. The van der Waals surface area contributed by atoms with Gasteiger partial charge in [0.05, 0.1) is 0 Å². The van der Waals surface area contributed by atoms with Crippen molar-refractivity contribution in [2.24, 2.45) is 0 Å². The maximum atomic E-state index is 6.46. The lowest BCUT2D eigenvalue weighted by Gasteiger charge is -2.23. The molecule has 0 spiro atoms. The van der Waals surface area contributed by atoms with Gasteiger partial charge in [-0.15, -0.1) is 0 Å². The molecule has 0 aliphatic carbocycles. The molecule has 0 amide bonds. The van der Waals surface area contributed by atoms with E-state index in [-0.39, 0.29) is 5.92 Å². The molecule has 2 nitrogen and oxygen atoms in total. The lowest BCUT2D eigenvalue weighted by molar-refractivity contribution is 0.669. The average molecular weight is 779 g/mol. The van der Waals surface area contributed by atoms with E-state index < -0.39 is 0 Å². The third kappa shape index (κ3) is 5.95. The van der Waals surface area contributed by atoms with Crippen LogP contribution in [-0.4, -0.2) is 0 Å². The molecule has 61 heavy (non-hydrogen) atoms. The van der Waals surface area contributed by atoms with Crippen molar-refractivity contribution in [1.29, 1.82) is 0 Å². The minimum Gasteiger partial charge on any atom is -0.455 e. The van der Waals surface area contributed by atoms with E-state index in [2.05, 4.69) is 200 Å². The summed E-state index contributed by atoms with van der Waals surface area (Å²) < 4.78 is 12.9. The first-order valence-electron chi connectivity index (χ1n) is 20.9. The molecule has 0 unspecified atom stereocenters. The van der Waals surface area contributed by atoms with Crippen LogP contribution in [0.3, 0.4) is 0 Å². The molecule has 12 rings (SSSR count). The Balaban J connectivity index is 0.986. The average Bonchev–Trinajstić information content (AvgIpc) is 3.92. The summed E-state index contributed by atoms with van der Waals surface area (Å²) in [5, 5.41) is 7.02. The zero-order valence-electron chi connectivity index (χ0n) is 33.3. The van der Waals surface area contributed by atoms with Crippen molar-refractivity contribution in [3.63, 3.8) is 0 Å². The van der Waals surface area contributed by atoms with Gasteiger partial charge in [0.25, 0.3) is 0 Å². The standard InChI is InChI=1S/C59H38O2/c1-2-12-38(13-3-1)39-24-26-40(27-25-39)45-36-37-52(49-15-5-4-14-48(45)49)57(43-32-28-41(29-33-43)46-18-10-20-53-50-16-6-8-22-55(50)60-58(46)53)44-34-30-42(31-35-44)47-19-11-21-54-51-17-7-9-23-56(51)61-59(47)54/h1-37,57H. The summed E-state index contributed by atoms with van der Waals surface area (Å²) >= 11 is 0. The summed E-state index contributed by atoms with van der Waals surface area (Å²) in [7, 11) is 0. The van der Waals surface area contributed by atoms with Crippen molar-refractivity contribution in [3.8, 4) is 44.5 Å². The predicted molar refractivity (Wildman–Crippen MR) is 254 cm³/mol. The molecule has 0 fully saturated rings. The normalized spacial score (nSPS) is 11.8. The topological polar surface area (TPSA) is 26.3 Å². The van der Waals surface area contributed by atoms with E-state index in [0.29, 0.717) is 0 Å². The predicted octanol–water partition coefficient (Wildman–Crippen LogP) is 16.5. The van der Waals surface area contributed by atoms with Gasteiger partial charge >= 0.3 is 0 Å². The fourth-order valence-electron chi connectivity index (χ4n) is 9.51. The zero-order chi connectivity index (χ0) is 40.3. The van der Waals surface area contributed by atoms with Crippen LogP contribution >= 0.6 is 0 Å². The first-order valence-corrected chi connectivity index (χ1v) is 20.9. The number of rotatable bonds is 7. The lowest BCUT2D eigenvalue weighted by Crippen LogP contribution is -2.05. The Bertz CT molecular complexity index is 3400. The second kappa shape index (κ2) is 14.4. The van der Waals surface area contributed by atoms with Crippen LogP contribution in [0.5, 0.6) is 0 Å². The molecule has 0 saturated heterocycles. The van der Waals surface area contributed by atoms with Crippen LogP contribution in [0.15, 0.2) is 233 Å². The number of furan rings is 2. The molecule has 0 N–H and O–H groups in total. The summed E-state index contributed by atoms with van der Waals surface area (Å²) in [4.78, 5) is 0. The van der Waals surface area contributed by atoms with Gasteiger partial charge in [0.2, 0.25) is 0 Å². The Kier molecular flexibility index (Phi) is 8.28. The van der Waals surface area contributed by atoms with Gasteiger partial charge in [0.15, 0.2) is 0 Å². The molecular weight excluding hydrogens is 741 g/mol. The summed E-state index contributed by atoms with van der Waals surface area (Å²) in [6.45, 7) is 0. The number of benzene rings is 10. The molecule has 2 aromatic heterocycles. The summed E-state index contributed by atoms with van der Waals surface area (Å²) in [5.41, 5.74) is 16.6. The fourth-order valence-corrected chi connectivity index (χ4v) is 9.51. The van der Waals surface area contributed by atoms with E-state index >= 15 is 0 Å². The van der Waals surface area contributed by atoms with Gasteiger partial charge in [-0.3, -0.25) is 0 Å². The van der Waals surface area contributed by atoms with Crippen molar-refractivity contribution < 1.29 is 8.83 Å². The number of para-hydroxylation sites is 4. The Labute approximate surface area is 353 Å². The first kappa shape index (κ1) is 35.0. The van der Waals surface area contributed by atoms with Crippen LogP contribution in [0.25, 0.3) is 99.2 Å². The quantitative estimate of drug-likeness (QED) is 0.151. The Morgan fingerprint density at radius 3 is 1.21 bits per heavy atom. The van der Waals surface area contributed by atoms with Gasteiger partial charge in [-0.25, -0.2) is 0 Å². The molecule has 10 aromatic carbocycles. The summed E-state index contributed by atoms with van der Waals surface area (Å²) in [5.74, 6) is -0.0357. The highest BCUT2D eigenvalue weighted by atomic mass is 16.3. The van der Waals surface area contributed by atoms with Crippen molar-refractivity contribution in [2.45, 2.75) is 5.92 Å². The minimum absolute atomic E-state index is 0.0357. The van der Waals surface area contributed by atoms with E-state index in [1.165, 1.54) is 49.7 Å². The van der Waals surface area contributed by atoms with Crippen LogP contribution in [0.1, 0.15) is 22.6 Å². The van der Waals surface area contributed by atoms with Gasteiger partial charge in [-0.2, -0.15) is 0 Å². The smallest absolute Gasteiger partial charge is 0.143 e. The van der Waals surface area contributed by atoms with Gasteiger partial charge in [-0.05, 0) is 73.0 Å². The van der Waals surface area contributed by atoms with Crippen LogP contribution in [0, 0.1) is 0 Å². The van der Waals surface area contributed by atoms with Crippen molar-refractivity contribution in [1.82, 2.24) is 0 Å². The number of hydrogen-bond donors (Lipinski definition) is 0. The van der Waals surface area contributed by atoms with Crippen molar-refractivity contribution in [2.75, 3.05) is 0 Å². The van der Waals surface area contributed by atoms with E-state index in [4.69, 9.17) is 8.83 Å². The highest BCUT2D eigenvalue weighted by molar-refractivity contribution is 6.10. The molecule has 0 aliphatic rings. The lowest BCUT2D eigenvalue weighted by atomic mass is 9.80. The third-order valence-corrected chi connectivity index (χ3v) is 12.5. The zero-order valence-corrected chi connectivity index (χ0v) is 33.3. The maximum Gasteiger partial charge on any atom is 0.143 e. The summed E-state index contributed by atoms with van der Waals surface area (Å²) in [6, 6.07) is 80.8. The van der Waals surface area contributed by atoms with Crippen LogP contribution in [-0.2, 0) is 0 Å². The van der Waals surface area contributed by atoms with Gasteiger partial charge in [-0.1, -0.05) is 212 Å². The largest absolute Gasteiger partial charge is 0.455 e.